The highest BCUT2D eigenvalue weighted by Crippen LogP contribution is 2.34. The van der Waals surface area contributed by atoms with E-state index in [-0.39, 0.29) is 29.4 Å². The zero-order valence-corrected chi connectivity index (χ0v) is 22.7. The number of aliphatic hydroxyl groups is 1. The SMILES string of the molecule is CCCCNc1ncc2c(-c3ccc(S(=O)(=O)NCc4ccc(F)cc4)cc3)nn(C3CCC(O)CC3)c2n1. The van der Waals surface area contributed by atoms with E-state index in [1.165, 1.54) is 12.1 Å². The minimum absolute atomic E-state index is 0.0570. The van der Waals surface area contributed by atoms with Gasteiger partial charge in [-0.1, -0.05) is 37.6 Å². The van der Waals surface area contributed by atoms with Gasteiger partial charge >= 0.3 is 0 Å². The molecule has 11 heteroatoms. The highest BCUT2D eigenvalue weighted by Gasteiger charge is 2.26. The van der Waals surface area contributed by atoms with Crippen molar-refractivity contribution in [1.82, 2.24) is 24.5 Å². The van der Waals surface area contributed by atoms with E-state index in [1.54, 1.807) is 42.6 Å². The molecule has 1 aliphatic rings. The Labute approximate surface area is 227 Å². The fraction of sp³-hybridized carbons (Fsp3) is 0.393. The van der Waals surface area contributed by atoms with Crippen LogP contribution in [-0.4, -0.2) is 45.9 Å². The van der Waals surface area contributed by atoms with Crippen molar-refractivity contribution >= 4 is 27.0 Å². The summed E-state index contributed by atoms with van der Waals surface area (Å²) in [4.78, 5) is 9.42. The molecule has 0 amide bonds. The van der Waals surface area contributed by atoms with Gasteiger partial charge in [0.05, 0.1) is 22.4 Å². The monoisotopic (exact) mass is 552 g/mol. The Morgan fingerprint density at radius 1 is 1.05 bits per heavy atom. The number of nitrogens with one attached hydrogen (secondary N) is 2. The average Bonchev–Trinajstić information content (AvgIpc) is 3.32. The van der Waals surface area contributed by atoms with Gasteiger partial charge in [0.1, 0.15) is 11.5 Å². The second-order valence-electron chi connectivity index (χ2n) is 9.94. The zero-order chi connectivity index (χ0) is 27.4. The van der Waals surface area contributed by atoms with Crippen molar-refractivity contribution in [2.45, 2.75) is 69.0 Å². The van der Waals surface area contributed by atoms with Crippen LogP contribution in [-0.2, 0) is 16.6 Å². The van der Waals surface area contributed by atoms with Crippen LogP contribution >= 0.6 is 0 Å². The molecule has 5 rings (SSSR count). The lowest BCUT2D eigenvalue weighted by atomic mass is 9.93. The summed E-state index contributed by atoms with van der Waals surface area (Å²) in [5.74, 6) is 0.177. The number of halogens is 1. The van der Waals surface area contributed by atoms with Gasteiger partial charge in [0.25, 0.3) is 0 Å². The lowest BCUT2D eigenvalue weighted by molar-refractivity contribution is 0.109. The molecule has 0 radical (unpaired) electrons. The molecule has 1 saturated carbocycles. The van der Waals surface area contributed by atoms with Gasteiger partial charge in [-0.2, -0.15) is 10.1 Å². The highest BCUT2D eigenvalue weighted by atomic mass is 32.2. The van der Waals surface area contributed by atoms with E-state index in [0.29, 0.717) is 30.0 Å². The third-order valence-corrected chi connectivity index (χ3v) is 8.51. The molecule has 3 N–H and O–H groups in total. The number of anilines is 1. The molecule has 39 heavy (non-hydrogen) atoms. The van der Waals surface area contributed by atoms with Gasteiger partial charge in [-0.05, 0) is 61.9 Å². The summed E-state index contributed by atoms with van der Waals surface area (Å²) in [5.41, 5.74) is 2.81. The maximum Gasteiger partial charge on any atom is 0.240 e. The molecule has 0 atom stereocenters. The molecule has 2 heterocycles. The molecular weight excluding hydrogens is 519 g/mol. The lowest BCUT2D eigenvalue weighted by Gasteiger charge is -2.25. The van der Waals surface area contributed by atoms with Gasteiger partial charge < -0.3 is 10.4 Å². The second-order valence-corrected chi connectivity index (χ2v) is 11.7. The number of nitrogens with zero attached hydrogens (tertiary/aromatic N) is 4. The third-order valence-electron chi connectivity index (χ3n) is 7.09. The first-order chi connectivity index (χ1) is 18.8. The predicted molar refractivity (Wildman–Crippen MR) is 148 cm³/mol. The van der Waals surface area contributed by atoms with Crippen molar-refractivity contribution in [3.05, 3.63) is 66.1 Å². The van der Waals surface area contributed by atoms with E-state index in [0.717, 1.165) is 48.8 Å². The number of aromatic nitrogens is 4. The first-order valence-corrected chi connectivity index (χ1v) is 14.8. The van der Waals surface area contributed by atoms with Gasteiger partial charge in [0.2, 0.25) is 16.0 Å². The zero-order valence-electron chi connectivity index (χ0n) is 21.8. The maximum atomic E-state index is 13.1. The van der Waals surface area contributed by atoms with Crippen molar-refractivity contribution < 1.29 is 17.9 Å². The third kappa shape index (κ3) is 6.26. The normalized spacial score (nSPS) is 17.9. The standard InChI is InChI=1S/C28H33FN6O3S/c1-2-3-16-30-28-31-18-25-26(34-35(27(25)33-28)22-10-12-23(36)13-11-22)20-6-14-24(15-7-20)39(37,38)32-17-19-4-8-21(29)9-5-19/h4-9,14-15,18,22-23,32,36H,2-3,10-13,16-17H2,1H3,(H,30,31,33). The van der Waals surface area contributed by atoms with E-state index in [4.69, 9.17) is 10.1 Å². The van der Waals surface area contributed by atoms with E-state index in [2.05, 4.69) is 21.9 Å². The molecule has 0 aliphatic heterocycles. The van der Waals surface area contributed by atoms with Crippen molar-refractivity contribution in [3.63, 3.8) is 0 Å². The van der Waals surface area contributed by atoms with Crippen LogP contribution in [0.1, 0.15) is 57.1 Å². The molecule has 0 spiro atoms. The van der Waals surface area contributed by atoms with E-state index < -0.39 is 10.0 Å². The topological polar surface area (TPSA) is 122 Å². The quantitative estimate of drug-likeness (QED) is 0.242. The summed E-state index contributed by atoms with van der Waals surface area (Å²) >= 11 is 0. The van der Waals surface area contributed by atoms with Crippen LogP contribution in [0.4, 0.5) is 10.3 Å². The number of fused-ring (bicyclic) bond motifs is 1. The Morgan fingerprint density at radius 2 is 1.77 bits per heavy atom. The molecule has 0 unspecified atom stereocenters. The molecule has 9 nitrogen and oxygen atoms in total. The molecular formula is C28H33FN6O3S. The molecule has 0 bridgehead atoms. The molecule has 2 aromatic heterocycles. The minimum atomic E-state index is -3.77. The molecule has 2 aromatic carbocycles. The lowest BCUT2D eigenvalue weighted by Crippen LogP contribution is -2.23. The van der Waals surface area contributed by atoms with Crippen molar-refractivity contribution in [2.75, 3.05) is 11.9 Å². The molecule has 0 saturated heterocycles. The van der Waals surface area contributed by atoms with Gasteiger partial charge in [-0.25, -0.2) is 27.2 Å². The van der Waals surface area contributed by atoms with Gasteiger partial charge in [-0.15, -0.1) is 0 Å². The van der Waals surface area contributed by atoms with Crippen LogP contribution in [0, 0.1) is 5.82 Å². The number of rotatable bonds is 10. The van der Waals surface area contributed by atoms with E-state index in [9.17, 15) is 17.9 Å². The van der Waals surface area contributed by atoms with Gasteiger partial charge in [0, 0.05) is 24.8 Å². The number of aliphatic hydroxyl groups excluding tert-OH is 1. The molecule has 1 fully saturated rings. The molecule has 206 valence electrons. The van der Waals surface area contributed by atoms with Gasteiger partial charge in [0.15, 0.2) is 5.65 Å². The van der Waals surface area contributed by atoms with E-state index >= 15 is 0 Å². The fourth-order valence-corrected chi connectivity index (χ4v) is 5.83. The maximum absolute atomic E-state index is 13.1. The average molecular weight is 553 g/mol. The highest BCUT2D eigenvalue weighted by molar-refractivity contribution is 7.89. The number of sulfonamides is 1. The number of hydrogen-bond donors (Lipinski definition) is 3. The first kappa shape index (κ1) is 27.2. The Kier molecular flexibility index (Phi) is 8.20. The summed E-state index contributed by atoms with van der Waals surface area (Å²) in [6.07, 6.45) is 6.59. The van der Waals surface area contributed by atoms with Crippen LogP contribution in [0.2, 0.25) is 0 Å². The Hall–Kier alpha value is -3.41. The predicted octanol–water partition coefficient (Wildman–Crippen LogP) is 4.80. The molecule has 4 aromatic rings. The van der Waals surface area contributed by atoms with Gasteiger partial charge in [-0.3, -0.25) is 0 Å². The van der Waals surface area contributed by atoms with Crippen LogP contribution in [0.25, 0.3) is 22.3 Å². The summed E-state index contributed by atoms with van der Waals surface area (Å²) in [7, 11) is -3.77. The number of hydrogen-bond acceptors (Lipinski definition) is 7. The van der Waals surface area contributed by atoms with Crippen LogP contribution in [0.5, 0.6) is 0 Å². The largest absolute Gasteiger partial charge is 0.393 e. The minimum Gasteiger partial charge on any atom is -0.393 e. The Morgan fingerprint density at radius 3 is 2.46 bits per heavy atom. The van der Waals surface area contributed by atoms with E-state index in [1.807, 2.05) is 4.68 Å². The van der Waals surface area contributed by atoms with Crippen molar-refractivity contribution in [3.8, 4) is 11.3 Å². The second kappa shape index (κ2) is 11.8. The van der Waals surface area contributed by atoms with Crippen LogP contribution in [0.3, 0.4) is 0 Å². The Bertz CT molecular complexity index is 1520. The summed E-state index contributed by atoms with van der Waals surface area (Å²) in [6, 6.07) is 12.4. The van der Waals surface area contributed by atoms with Crippen molar-refractivity contribution in [1.29, 1.82) is 0 Å². The first-order valence-electron chi connectivity index (χ1n) is 13.4. The van der Waals surface area contributed by atoms with Crippen LogP contribution in [0.15, 0.2) is 59.6 Å². The summed E-state index contributed by atoms with van der Waals surface area (Å²) in [5, 5.41) is 19.0. The van der Waals surface area contributed by atoms with Crippen molar-refractivity contribution in [2.24, 2.45) is 0 Å². The number of unbranched alkanes of at least 4 members (excludes halogenated alkanes) is 1. The summed E-state index contributed by atoms with van der Waals surface area (Å²) < 4.78 is 43.4. The summed E-state index contributed by atoms with van der Waals surface area (Å²) in [6.45, 7) is 2.97. The number of benzene rings is 2. The fourth-order valence-electron chi connectivity index (χ4n) is 4.81. The smallest absolute Gasteiger partial charge is 0.240 e. The molecule has 1 aliphatic carbocycles. The van der Waals surface area contributed by atoms with Crippen LogP contribution < -0.4 is 10.0 Å². The Balaban J connectivity index is 1.42.